The van der Waals surface area contributed by atoms with Crippen LogP contribution in [0, 0.1) is 5.82 Å². The molecule has 0 spiro atoms. The minimum Gasteiger partial charge on any atom is -0.347 e. The van der Waals surface area contributed by atoms with E-state index >= 15 is 0 Å². The average molecular weight is 414 g/mol. The van der Waals surface area contributed by atoms with Gasteiger partial charge in [-0.1, -0.05) is 18.6 Å². The molecule has 1 aromatic heterocycles. The molecule has 0 radical (unpaired) electrons. The number of halogens is 1. The lowest BCUT2D eigenvalue weighted by molar-refractivity contribution is -0.133. The molecule has 0 bridgehead atoms. The van der Waals surface area contributed by atoms with Crippen LogP contribution in [0.1, 0.15) is 44.8 Å². The maximum atomic E-state index is 13.5. The molecule has 2 heterocycles. The predicted molar refractivity (Wildman–Crippen MR) is 118 cm³/mol. The van der Waals surface area contributed by atoms with Gasteiger partial charge in [0, 0.05) is 38.9 Å². The number of likely N-dealkylation sites (tertiary alicyclic amines) is 1. The third-order valence-electron chi connectivity index (χ3n) is 5.74. The summed E-state index contributed by atoms with van der Waals surface area (Å²) in [5.41, 5.74) is 2.69. The molecule has 1 amide bonds. The number of nitrogens with zero attached hydrogens (tertiary/aromatic N) is 5. The van der Waals surface area contributed by atoms with Gasteiger partial charge in [-0.3, -0.25) is 9.69 Å². The summed E-state index contributed by atoms with van der Waals surface area (Å²) in [6, 6.07) is 6.48. The number of amides is 1. The number of hydrogen-bond donors (Lipinski definition) is 0. The molecule has 2 aromatic rings. The monoisotopic (exact) mass is 413 g/mol. The standard InChI is InChI=1S/C23H32FN5O/c1-5-28(6-2)21(30)16-29-14-8-7-9-20(29)22-19(15-25-23(26-22)27(3)4)17-10-12-18(24)13-11-17/h10-13,15,20H,5-9,14,16H2,1-4H3/t20-/m1/s1. The van der Waals surface area contributed by atoms with Crippen molar-refractivity contribution in [2.24, 2.45) is 0 Å². The number of benzene rings is 1. The molecule has 1 saturated heterocycles. The van der Waals surface area contributed by atoms with Crippen molar-refractivity contribution >= 4 is 11.9 Å². The zero-order valence-corrected chi connectivity index (χ0v) is 18.4. The first-order valence-corrected chi connectivity index (χ1v) is 10.8. The highest BCUT2D eigenvalue weighted by Gasteiger charge is 2.30. The van der Waals surface area contributed by atoms with Crippen molar-refractivity contribution in [3.05, 3.63) is 42.0 Å². The lowest BCUT2D eigenvalue weighted by atomic mass is 9.93. The van der Waals surface area contributed by atoms with Gasteiger partial charge in [0.2, 0.25) is 11.9 Å². The van der Waals surface area contributed by atoms with E-state index in [4.69, 9.17) is 4.98 Å². The first-order valence-electron chi connectivity index (χ1n) is 10.8. The number of hydrogen-bond acceptors (Lipinski definition) is 5. The number of carbonyl (C=O) groups excluding carboxylic acids is 1. The van der Waals surface area contributed by atoms with Gasteiger partial charge in [0.15, 0.2) is 0 Å². The lowest BCUT2D eigenvalue weighted by Crippen LogP contribution is -2.43. The zero-order valence-electron chi connectivity index (χ0n) is 18.4. The summed E-state index contributed by atoms with van der Waals surface area (Å²) in [6.07, 6.45) is 4.91. The van der Waals surface area contributed by atoms with Gasteiger partial charge in [-0.2, -0.15) is 0 Å². The fourth-order valence-corrected chi connectivity index (χ4v) is 4.05. The van der Waals surface area contributed by atoms with E-state index in [9.17, 15) is 9.18 Å². The molecular formula is C23H32FN5O. The minimum absolute atomic E-state index is 0.0278. The molecule has 0 N–H and O–H groups in total. The van der Waals surface area contributed by atoms with Gasteiger partial charge in [-0.25, -0.2) is 14.4 Å². The molecule has 1 aliphatic rings. The van der Waals surface area contributed by atoms with Crippen molar-refractivity contribution in [1.29, 1.82) is 0 Å². The van der Waals surface area contributed by atoms with Crippen molar-refractivity contribution in [2.45, 2.75) is 39.2 Å². The summed E-state index contributed by atoms with van der Waals surface area (Å²) in [4.78, 5) is 28.2. The number of likely N-dealkylation sites (N-methyl/N-ethyl adjacent to an activating group) is 1. The molecule has 6 nitrogen and oxygen atoms in total. The fourth-order valence-electron chi connectivity index (χ4n) is 4.05. The van der Waals surface area contributed by atoms with Crippen LogP contribution < -0.4 is 4.90 Å². The van der Waals surface area contributed by atoms with E-state index in [1.54, 1.807) is 12.1 Å². The van der Waals surface area contributed by atoms with Crippen LogP contribution >= 0.6 is 0 Å². The maximum absolute atomic E-state index is 13.5. The van der Waals surface area contributed by atoms with E-state index in [2.05, 4.69) is 9.88 Å². The van der Waals surface area contributed by atoms with Crippen LogP contribution in [0.4, 0.5) is 10.3 Å². The van der Waals surface area contributed by atoms with Gasteiger partial charge in [-0.05, 0) is 50.9 Å². The summed E-state index contributed by atoms with van der Waals surface area (Å²) in [5, 5.41) is 0. The fraction of sp³-hybridized carbons (Fsp3) is 0.522. The second-order valence-electron chi connectivity index (χ2n) is 7.92. The van der Waals surface area contributed by atoms with Crippen LogP contribution in [0.2, 0.25) is 0 Å². The molecule has 1 aliphatic heterocycles. The highest BCUT2D eigenvalue weighted by Crippen LogP contribution is 2.36. The second-order valence-corrected chi connectivity index (χ2v) is 7.92. The molecule has 0 unspecified atom stereocenters. The molecule has 1 atom stereocenters. The molecule has 3 rings (SSSR count). The van der Waals surface area contributed by atoms with Gasteiger partial charge in [0.1, 0.15) is 5.82 Å². The van der Waals surface area contributed by atoms with Gasteiger partial charge in [-0.15, -0.1) is 0 Å². The summed E-state index contributed by atoms with van der Waals surface area (Å²) in [5.74, 6) is 0.517. The van der Waals surface area contributed by atoms with Crippen LogP contribution in [-0.4, -0.2) is 65.9 Å². The molecule has 1 aromatic carbocycles. The Labute approximate surface area is 178 Å². The largest absolute Gasteiger partial charge is 0.347 e. The van der Waals surface area contributed by atoms with E-state index in [-0.39, 0.29) is 17.8 Å². The Balaban J connectivity index is 2.00. The van der Waals surface area contributed by atoms with Gasteiger partial charge >= 0.3 is 0 Å². The third-order valence-corrected chi connectivity index (χ3v) is 5.74. The van der Waals surface area contributed by atoms with E-state index in [0.29, 0.717) is 25.6 Å². The lowest BCUT2D eigenvalue weighted by Gasteiger charge is -2.37. The normalized spacial score (nSPS) is 17.0. The Kier molecular flexibility index (Phi) is 7.37. The van der Waals surface area contributed by atoms with Crippen molar-refractivity contribution in [3.8, 4) is 11.1 Å². The molecule has 7 heteroatoms. The quantitative estimate of drug-likeness (QED) is 0.692. The van der Waals surface area contributed by atoms with Crippen LogP contribution in [0.3, 0.4) is 0 Å². The van der Waals surface area contributed by atoms with E-state index < -0.39 is 0 Å². The molecular weight excluding hydrogens is 381 g/mol. The Morgan fingerprint density at radius 2 is 1.87 bits per heavy atom. The van der Waals surface area contributed by atoms with Crippen LogP contribution in [0.15, 0.2) is 30.5 Å². The number of aromatic nitrogens is 2. The van der Waals surface area contributed by atoms with Crippen LogP contribution in [0.25, 0.3) is 11.1 Å². The van der Waals surface area contributed by atoms with Crippen LogP contribution in [-0.2, 0) is 4.79 Å². The highest BCUT2D eigenvalue weighted by atomic mass is 19.1. The Morgan fingerprint density at radius 3 is 2.50 bits per heavy atom. The second kappa shape index (κ2) is 9.98. The molecule has 30 heavy (non-hydrogen) atoms. The molecule has 0 aliphatic carbocycles. The first kappa shape index (κ1) is 22.2. The van der Waals surface area contributed by atoms with Gasteiger partial charge < -0.3 is 9.80 Å². The smallest absolute Gasteiger partial charge is 0.236 e. The van der Waals surface area contributed by atoms with Gasteiger partial charge in [0.25, 0.3) is 0 Å². The van der Waals surface area contributed by atoms with E-state index in [0.717, 1.165) is 42.6 Å². The molecule has 1 fully saturated rings. The summed E-state index contributed by atoms with van der Waals surface area (Å²) in [7, 11) is 3.83. The number of piperidine rings is 1. The molecule has 0 saturated carbocycles. The summed E-state index contributed by atoms with van der Waals surface area (Å²) < 4.78 is 13.5. The highest BCUT2D eigenvalue weighted by molar-refractivity contribution is 5.78. The van der Waals surface area contributed by atoms with E-state index in [1.165, 1.54) is 12.1 Å². The van der Waals surface area contributed by atoms with E-state index in [1.807, 2.05) is 43.9 Å². The topological polar surface area (TPSA) is 52.6 Å². The van der Waals surface area contributed by atoms with Crippen molar-refractivity contribution in [2.75, 3.05) is 45.2 Å². The minimum atomic E-state index is -0.268. The number of rotatable bonds is 7. The third kappa shape index (κ3) is 4.95. The summed E-state index contributed by atoms with van der Waals surface area (Å²) >= 11 is 0. The SMILES string of the molecule is CCN(CC)C(=O)CN1CCCC[C@@H]1c1nc(N(C)C)ncc1-c1ccc(F)cc1. The van der Waals surface area contributed by atoms with Crippen molar-refractivity contribution in [3.63, 3.8) is 0 Å². The van der Waals surface area contributed by atoms with Crippen LogP contribution in [0.5, 0.6) is 0 Å². The average Bonchev–Trinajstić information content (AvgIpc) is 2.75. The van der Waals surface area contributed by atoms with Crippen molar-refractivity contribution < 1.29 is 9.18 Å². The number of anilines is 1. The van der Waals surface area contributed by atoms with Gasteiger partial charge in [0.05, 0.1) is 18.3 Å². The van der Waals surface area contributed by atoms with Crippen molar-refractivity contribution in [1.82, 2.24) is 19.8 Å². The Bertz CT molecular complexity index is 851. The summed E-state index contributed by atoms with van der Waals surface area (Å²) in [6.45, 7) is 6.70. The predicted octanol–water partition coefficient (Wildman–Crippen LogP) is 3.74. The first-order chi connectivity index (χ1) is 14.4. The maximum Gasteiger partial charge on any atom is 0.236 e. The number of carbonyl (C=O) groups is 1. The molecule has 162 valence electrons. The Hall–Kier alpha value is -2.54. The Morgan fingerprint density at radius 1 is 1.17 bits per heavy atom. The zero-order chi connectivity index (χ0) is 21.7.